The molecule has 0 saturated carbocycles. The Hall–Kier alpha value is -1.58. The number of amides is 1. The zero-order valence-electron chi connectivity index (χ0n) is 14.8. The third kappa shape index (κ3) is 7.35. The van der Waals surface area contributed by atoms with Gasteiger partial charge >= 0.3 is 0 Å². The van der Waals surface area contributed by atoms with Crippen molar-refractivity contribution in [1.29, 1.82) is 5.41 Å². The Bertz CT molecular complexity index is 615. The van der Waals surface area contributed by atoms with E-state index in [-0.39, 0.29) is 11.9 Å². The third-order valence-electron chi connectivity index (χ3n) is 3.95. The number of unbranched alkanes of at least 4 members (excludes halogenated alkanes) is 1. The van der Waals surface area contributed by atoms with E-state index >= 15 is 0 Å². The van der Waals surface area contributed by atoms with Crippen LogP contribution in [0.2, 0.25) is 0 Å². The van der Waals surface area contributed by atoms with Gasteiger partial charge in [0.05, 0.1) is 12.6 Å². The molecule has 0 saturated heterocycles. The van der Waals surface area contributed by atoms with E-state index in [1.807, 2.05) is 27.7 Å². The lowest BCUT2D eigenvalue weighted by Crippen LogP contribution is -2.42. The molecule has 1 aromatic carbocycles. The Kier molecular flexibility index (Phi) is 8.93. The molecule has 26 heavy (non-hydrogen) atoms. The number of carbonyl (C=O) groups is 1. The van der Waals surface area contributed by atoms with E-state index < -0.39 is 6.04 Å². The van der Waals surface area contributed by atoms with Crippen molar-refractivity contribution in [3.8, 4) is 5.75 Å². The van der Waals surface area contributed by atoms with Crippen LogP contribution in [0.5, 0.6) is 5.75 Å². The van der Waals surface area contributed by atoms with Crippen LogP contribution in [-0.4, -0.2) is 37.6 Å². The maximum Gasteiger partial charge on any atom is 0.237 e. The highest BCUT2D eigenvalue weighted by atomic mass is 33.1. The number of hydrogen-bond donors (Lipinski definition) is 5. The van der Waals surface area contributed by atoms with Crippen molar-refractivity contribution in [2.75, 3.05) is 19.7 Å². The summed E-state index contributed by atoms with van der Waals surface area (Å²) in [5.41, 5.74) is 13.8. The molecule has 1 aliphatic heterocycles. The normalized spacial score (nSPS) is 14.2. The summed E-state index contributed by atoms with van der Waals surface area (Å²) in [5, 5.41) is 12.6. The summed E-state index contributed by atoms with van der Waals surface area (Å²) in [7, 11) is 3.74. The van der Waals surface area contributed by atoms with E-state index in [2.05, 4.69) is 22.8 Å². The quantitative estimate of drug-likeness (QED) is 0.175. The fourth-order valence-electron chi connectivity index (χ4n) is 2.50. The van der Waals surface area contributed by atoms with Crippen molar-refractivity contribution >= 4 is 33.5 Å². The average Bonchev–Trinajstić information content (AvgIpc) is 2.64. The summed E-state index contributed by atoms with van der Waals surface area (Å²) in [6.07, 6.45) is 2.22. The first-order chi connectivity index (χ1) is 12.6. The van der Waals surface area contributed by atoms with E-state index in [1.54, 1.807) is 0 Å². The molecule has 0 aliphatic carbocycles. The first-order valence-electron chi connectivity index (χ1n) is 8.66. The molecule has 9 heteroatoms. The van der Waals surface area contributed by atoms with Gasteiger partial charge < -0.3 is 26.8 Å². The van der Waals surface area contributed by atoms with Gasteiger partial charge in [-0.15, -0.1) is 0 Å². The van der Waals surface area contributed by atoms with Crippen LogP contribution in [0.4, 0.5) is 0 Å². The molecule has 1 aromatic rings. The van der Waals surface area contributed by atoms with Gasteiger partial charge in [-0.25, -0.2) is 0 Å². The summed E-state index contributed by atoms with van der Waals surface area (Å²) in [6.45, 7) is 1.47. The highest BCUT2D eigenvalue weighted by molar-refractivity contribution is 8.76. The van der Waals surface area contributed by atoms with E-state index in [0.717, 1.165) is 30.1 Å². The van der Waals surface area contributed by atoms with Gasteiger partial charge in [0.25, 0.3) is 0 Å². The molecule has 7 nitrogen and oxygen atoms in total. The molecular weight excluding hydrogens is 370 g/mol. The summed E-state index contributed by atoms with van der Waals surface area (Å²) >= 11 is 0. The molecule has 0 unspecified atom stereocenters. The lowest BCUT2D eigenvalue weighted by atomic mass is 10.1. The van der Waals surface area contributed by atoms with Gasteiger partial charge in [0.2, 0.25) is 5.91 Å². The molecular formula is C17H27N5O2S2. The van der Waals surface area contributed by atoms with Crippen LogP contribution >= 0.6 is 21.6 Å². The minimum Gasteiger partial charge on any atom is -0.492 e. The number of nitrogens with two attached hydrogens (primary N) is 2. The number of rotatable bonds is 10. The van der Waals surface area contributed by atoms with E-state index in [4.69, 9.17) is 21.6 Å². The number of guanidine groups is 1. The summed E-state index contributed by atoms with van der Waals surface area (Å²) in [6, 6.07) is 5.67. The second-order valence-electron chi connectivity index (χ2n) is 6.04. The summed E-state index contributed by atoms with van der Waals surface area (Å²) < 4.78 is 5.73. The van der Waals surface area contributed by atoms with Gasteiger partial charge in [-0.1, -0.05) is 27.7 Å². The fourth-order valence-corrected chi connectivity index (χ4v) is 4.73. The van der Waals surface area contributed by atoms with Crippen molar-refractivity contribution in [1.82, 2.24) is 10.6 Å². The minimum absolute atomic E-state index is 0.0383. The number of benzene rings is 1. The molecule has 0 radical (unpaired) electrons. The number of ether oxygens (including phenoxy) is 1. The lowest BCUT2D eigenvalue weighted by Gasteiger charge is -2.16. The van der Waals surface area contributed by atoms with Crippen molar-refractivity contribution in [3.05, 3.63) is 29.3 Å². The van der Waals surface area contributed by atoms with Crippen molar-refractivity contribution in [3.63, 3.8) is 0 Å². The first-order valence-corrected chi connectivity index (χ1v) is 11.2. The Morgan fingerprint density at radius 1 is 1.19 bits per heavy atom. The monoisotopic (exact) mass is 397 g/mol. The topological polar surface area (TPSA) is 126 Å². The number of nitrogens with one attached hydrogen (secondary N) is 3. The zero-order valence-corrected chi connectivity index (χ0v) is 16.4. The van der Waals surface area contributed by atoms with Crippen molar-refractivity contribution in [2.45, 2.75) is 36.8 Å². The molecule has 0 bridgehead atoms. The maximum atomic E-state index is 12.0. The van der Waals surface area contributed by atoms with Crippen LogP contribution in [0.1, 0.15) is 30.4 Å². The number of carbonyl (C=O) groups excluding carboxylic acids is 1. The second-order valence-corrected chi connectivity index (χ2v) is 8.50. The summed E-state index contributed by atoms with van der Waals surface area (Å²) in [5.74, 6) is 2.69. The molecule has 7 N–H and O–H groups in total. The van der Waals surface area contributed by atoms with Crippen LogP contribution < -0.4 is 26.8 Å². The van der Waals surface area contributed by atoms with E-state index in [9.17, 15) is 4.79 Å². The number of hydrogen-bond acceptors (Lipinski definition) is 6. The Labute approximate surface area is 162 Å². The van der Waals surface area contributed by atoms with Crippen LogP contribution in [-0.2, 0) is 16.3 Å². The molecule has 0 spiro atoms. The van der Waals surface area contributed by atoms with Gasteiger partial charge in [-0.3, -0.25) is 10.2 Å². The van der Waals surface area contributed by atoms with E-state index in [1.165, 1.54) is 11.1 Å². The van der Waals surface area contributed by atoms with Gasteiger partial charge in [0.15, 0.2) is 5.96 Å². The van der Waals surface area contributed by atoms with Gasteiger partial charge in [0.1, 0.15) is 12.4 Å². The molecule has 1 aliphatic rings. The molecule has 1 amide bonds. The first kappa shape index (κ1) is 20.7. The molecule has 1 heterocycles. The van der Waals surface area contributed by atoms with Gasteiger partial charge in [0, 0.05) is 18.1 Å². The summed E-state index contributed by atoms with van der Waals surface area (Å²) in [4.78, 5) is 12.0. The molecule has 144 valence electrons. The SMILES string of the molecule is N=C(N)NCCCC[C@@H](N)C(=O)NCCOc1ccc2c(c1)CSSC2. The fraction of sp³-hybridized carbons (Fsp3) is 0.529. The third-order valence-corrected chi connectivity index (χ3v) is 6.19. The Balaban J connectivity index is 1.58. The average molecular weight is 398 g/mol. The van der Waals surface area contributed by atoms with Crippen LogP contribution in [0.15, 0.2) is 18.2 Å². The van der Waals surface area contributed by atoms with Gasteiger partial charge in [-0.2, -0.15) is 0 Å². The largest absolute Gasteiger partial charge is 0.492 e. The molecule has 1 atom stereocenters. The molecule has 2 rings (SSSR count). The van der Waals surface area contributed by atoms with Crippen LogP contribution in [0.3, 0.4) is 0 Å². The number of fused-ring (bicyclic) bond motifs is 1. The smallest absolute Gasteiger partial charge is 0.237 e. The van der Waals surface area contributed by atoms with Crippen LogP contribution in [0.25, 0.3) is 0 Å². The van der Waals surface area contributed by atoms with Crippen LogP contribution in [0, 0.1) is 5.41 Å². The Morgan fingerprint density at radius 2 is 1.96 bits per heavy atom. The lowest BCUT2D eigenvalue weighted by molar-refractivity contribution is -0.122. The highest BCUT2D eigenvalue weighted by Crippen LogP contribution is 2.38. The second kappa shape index (κ2) is 11.2. The standard InChI is InChI=1S/C17H27N5O2S2/c18-15(3-1-2-6-22-17(19)20)16(23)21-7-8-24-14-5-4-12-10-25-26-11-13(12)9-14/h4-5,9,15H,1-3,6-8,10-11,18H2,(H,21,23)(H4,19,20,22)/t15-/m1/s1. The minimum atomic E-state index is -0.523. The predicted molar refractivity (Wildman–Crippen MR) is 109 cm³/mol. The molecule has 0 aromatic heterocycles. The Morgan fingerprint density at radius 3 is 2.73 bits per heavy atom. The predicted octanol–water partition coefficient (Wildman–Crippen LogP) is 1.56. The zero-order chi connectivity index (χ0) is 18.8. The van der Waals surface area contributed by atoms with E-state index in [0.29, 0.717) is 26.1 Å². The van der Waals surface area contributed by atoms with Crippen molar-refractivity contribution < 1.29 is 9.53 Å². The van der Waals surface area contributed by atoms with Crippen molar-refractivity contribution in [2.24, 2.45) is 11.5 Å². The maximum absolute atomic E-state index is 12.0. The highest BCUT2D eigenvalue weighted by Gasteiger charge is 2.13. The van der Waals surface area contributed by atoms with Gasteiger partial charge in [-0.05, 0) is 42.5 Å². The molecule has 0 fully saturated rings.